The summed E-state index contributed by atoms with van der Waals surface area (Å²) in [5.41, 5.74) is 1.02. The summed E-state index contributed by atoms with van der Waals surface area (Å²) in [6.45, 7) is 0.749. The summed E-state index contributed by atoms with van der Waals surface area (Å²) < 4.78 is 1.81. The average Bonchev–Trinajstić information content (AvgIpc) is 2.92. The van der Waals surface area contributed by atoms with Crippen molar-refractivity contribution in [3.63, 3.8) is 0 Å². The Hall–Kier alpha value is -2.20. The molecule has 4 heteroatoms. The van der Waals surface area contributed by atoms with Crippen LogP contribution in [0.3, 0.4) is 0 Å². The number of nitrogens with one attached hydrogen (secondary N) is 1. The van der Waals surface area contributed by atoms with Crippen LogP contribution < -0.4 is 5.32 Å². The quantitative estimate of drug-likeness (QED) is 0.760. The highest BCUT2D eigenvalue weighted by atomic mass is 15.3. The maximum absolute atomic E-state index is 4.67. The Balaban J connectivity index is 2.27. The Labute approximate surface area is 105 Å². The van der Waals surface area contributed by atoms with Gasteiger partial charge in [-0.25, -0.2) is 9.67 Å². The molecule has 0 saturated heterocycles. The molecule has 0 spiro atoms. The molecule has 0 amide bonds. The van der Waals surface area contributed by atoms with Crippen molar-refractivity contribution in [2.75, 3.05) is 7.05 Å². The number of aromatic nitrogens is 3. The summed E-state index contributed by atoms with van der Waals surface area (Å²) in [6, 6.07) is 12.2. The summed E-state index contributed by atoms with van der Waals surface area (Å²) in [5.74, 6) is 0.878. The molecule has 0 aliphatic carbocycles. The van der Waals surface area contributed by atoms with Gasteiger partial charge in [0.25, 0.3) is 0 Å². The Kier molecular flexibility index (Phi) is 2.78. The second kappa shape index (κ2) is 4.58. The van der Waals surface area contributed by atoms with E-state index in [-0.39, 0.29) is 0 Å². The summed E-state index contributed by atoms with van der Waals surface area (Å²) in [7, 11) is 1.92. The van der Waals surface area contributed by atoms with E-state index in [9.17, 15) is 0 Å². The van der Waals surface area contributed by atoms with Crippen molar-refractivity contribution < 1.29 is 0 Å². The monoisotopic (exact) mass is 238 g/mol. The largest absolute Gasteiger partial charge is 0.314 e. The highest BCUT2D eigenvalue weighted by molar-refractivity contribution is 5.88. The molecule has 4 nitrogen and oxygen atoms in total. The van der Waals surface area contributed by atoms with Gasteiger partial charge in [0.1, 0.15) is 0 Å². The van der Waals surface area contributed by atoms with E-state index < -0.39 is 0 Å². The zero-order chi connectivity index (χ0) is 12.4. The van der Waals surface area contributed by atoms with Crippen molar-refractivity contribution in [2.45, 2.75) is 6.54 Å². The molecule has 0 aliphatic heterocycles. The van der Waals surface area contributed by atoms with Crippen molar-refractivity contribution in [1.82, 2.24) is 20.1 Å². The highest BCUT2D eigenvalue weighted by Gasteiger charge is 2.07. The Morgan fingerprint density at radius 2 is 2.11 bits per heavy atom. The average molecular weight is 238 g/mol. The molecular formula is C14H14N4. The van der Waals surface area contributed by atoms with Gasteiger partial charge in [-0.2, -0.15) is 5.10 Å². The number of pyridine rings is 1. The number of hydrogen-bond donors (Lipinski definition) is 1. The SMILES string of the molecule is CNCc1cc2ccccc2c(-n2cccn2)n1. The van der Waals surface area contributed by atoms with Crippen LogP contribution in [0.2, 0.25) is 0 Å². The predicted molar refractivity (Wildman–Crippen MR) is 71.6 cm³/mol. The van der Waals surface area contributed by atoms with Crippen LogP contribution in [0.4, 0.5) is 0 Å². The minimum atomic E-state index is 0.749. The minimum absolute atomic E-state index is 0.749. The van der Waals surface area contributed by atoms with Gasteiger partial charge in [-0.1, -0.05) is 24.3 Å². The lowest BCUT2D eigenvalue weighted by Gasteiger charge is -2.09. The third-order valence-electron chi connectivity index (χ3n) is 2.85. The third-order valence-corrected chi connectivity index (χ3v) is 2.85. The molecule has 1 aromatic carbocycles. The second-order valence-corrected chi connectivity index (χ2v) is 4.14. The first-order valence-electron chi connectivity index (χ1n) is 5.92. The molecule has 0 radical (unpaired) electrons. The lowest BCUT2D eigenvalue weighted by molar-refractivity contribution is 0.775. The maximum atomic E-state index is 4.67. The summed E-state index contributed by atoms with van der Waals surface area (Å²) in [4.78, 5) is 4.67. The van der Waals surface area contributed by atoms with E-state index >= 15 is 0 Å². The van der Waals surface area contributed by atoms with E-state index in [4.69, 9.17) is 0 Å². The zero-order valence-electron chi connectivity index (χ0n) is 10.2. The van der Waals surface area contributed by atoms with Gasteiger partial charge in [-0.3, -0.25) is 0 Å². The molecule has 0 fully saturated rings. The molecule has 2 aromatic heterocycles. The van der Waals surface area contributed by atoms with E-state index in [1.54, 1.807) is 6.20 Å². The van der Waals surface area contributed by atoms with Crippen LogP contribution in [0.5, 0.6) is 0 Å². The fourth-order valence-corrected chi connectivity index (χ4v) is 2.07. The Morgan fingerprint density at radius 1 is 1.22 bits per heavy atom. The van der Waals surface area contributed by atoms with Crippen LogP contribution in [0.25, 0.3) is 16.6 Å². The summed E-state index contributed by atoms with van der Waals surface area (Å²) >= 11 is 0. The van der Waals surface area contributed by atoms with Crippen molar-refractivity contribution >= 4 is 10.8 Å². The number of benzene rings is 1. The molecular weight excluding hydrogens is 224 g/mol. The molecule has 18 heavy (non-hydrogen) atoms. The lowest BCUT2D eigenvalue weighted by atomic mass is 10.1. The van der Waals surface area contributed by atoms with Crippen LogP contribution >= 0.6 is 0 Å². The first-order valence-corrected chi connectivity index (χ1v) is 5.92. The second-order valence-electron chi connectivity index (χ2n) is 4.14. The Morgan fingerprint density at radius 3 is 2.89 bits per heavy atom. The molecule has 2 heterocycles. The summed E-state index contributed by atoms with van der Waals surface area (Å²) in [6.07, 6.45) is 3.68. The smallest absolute Gasteiger partial charge is 0.161 e. The number of rotatable bonds is 3. The topological polar surface area (TPSA) is 42.7 Å². The van der Waals surface area contributed by atoms with E-state index in [0.29, 0.717) is 0 Å². The molecule has 0 aliphatic rings. The minimum Gasteiger partial charge on any atom is -0.314 e. The zero-order valence-corrected chi connectivity index (χ0v) is 10.2. The van der Waals surface area contributed by atoms with Crippen molar-refractivity contribution in [1.29, 1.82) is 0 Å². The van der Waals surface area contributed by atoms with Gasteiger partial charge >= 0.3 is 0 Å². The van der Waals surface area contributed by atoms with Gasteiger partial charge in [0, 0.05) is 24.3 Å². The number of hydrogen-bond acceptors (Lipinski definition) is 3. The van der Waals surface area contributed by atoms with E-state index in [1.165, 1.54) is 5.39 Å². The standard InChI is InChI=1S/C14H14N4/c1-15-10-12-9-11-5-2-3-6-13(11)14(17-12)18-8-4-7-16-18/h2-9,15H,10H2,1H3. The normalized spacial score (nSPS) is 10.9. The fourth-order valence-electron chi connectivity index (χ4n) is 2.07. The summed E-state index contributed by atoms with van der Waals surface area (Å²) in [5, 5.41) is 9.70. The van der Waals surface area contributed by atoms with E-state index in [0.717, 1.165) is 23.4 Å². The van der Waals surface area contributed by atoms with E-state index in [2.05, 4.69) is 33.6 Å². The first-order chi connectivity index (χ1) is 8.88. The Bertz CT molecular complexity index is 659. The van der Waals surface area contributed by atoms with Crippen LogP contribution in [0.15, 0.2) is 48.8 Å². The maximum Gasteiger partial charge on any atom is 0.161 e. The van der Waals surface area contributed by atoms with Crippen molar-refractivity contribution in [3.05, 3.63) is 54.5 Å². The van der Waals surface area contributed by atoms with Crippen molar-refractivity contribution in [3.8, 4) is 5.82 Å². The fraction of sp³-hybridized carbons (Fsp3) is 0.143. The van der Waals surface area contributed by atoms with Crippen LogP contribution in [-0.2, 0) is 6.54 Å². The number of fused-ring (bicyclic) bond motifs is 1. The van der Waals surface area contributed by atoms with Gasteiger partial charge in [-0.15, -0.1) is 0 Å². The molecule has 0 unspecified atom stereocenters. The molecule has 3 aromatic rings. The van der Waals surface area contributed by atoms with Crippen LogP contribution in [0.1, 0.15) is 5.69 Å². The molecule has 0 bridgehead atoms. The molecule has 0 atom stereocenters. The van der Waals surface area contributed by atoms with Gasteiger partial charge in [0.05, 0.1) is 5.69 Å². The molecule has 1 N–H and O–H groups in total. The van der Waals surface area contributed by atoms with Crippen LogP contribution in [0, 0.1) is 0 Å². The lowest BCUT2D eigenvalue weighted by Crippen LogP contribution is -2.09. The van der Waals surface area contributed by atoms with Gasteiger partial charge in [0.2, 0.25) is 0 Å². The van der Waals surface area contributed by atoms with E-state index in [1.807, 2.05) is 36.1 Å². The van der Waals surface area contributed by atoms with Gasteiger partial charge < -0.3 is 5.32 Å². The first kappa shape index (κ1) is 10.9. The molecule has 90 valence electrons. The van der Waals surface area contributed by atoms with Gasteiger partial charge in [-0.05, 0) is 24.6 Å². The highest BCUT2D eigenvalue weighted by Crippen LogP contribution is 2.21. The third kappa shape index (κ3) is 1.87. The number of nitrogens with zero attached hydrogens (tertiary/aromatic N) is 3. The predicted octanol–water partition coefficient (Wildman–Crippen LogP) is 2.14. The van der Waals surface area contributed by atoms with Crippen molar-refractivity contribution in [2.24, 2.45) is 0 Å². The molecule has 0 saturated carbocycles. The van der Waals surface area contributed by atoms with Gasteiger partial charge in [0.15, 0.2) is 5.82 Å². The molecule has 3 rings (SSSR count). The van der Waals surface area contributed by atoms with Crippen LogP contribution in [-0.4, -0.2) is 21.8 Å².